The molecule has 0 saturated carbocycles. The molecule has 0 spiro atoms. The van der Waals surface area contributed by atoms with Gasteiger partial charge in [0.15, 0.2) is 0 Å². The second kappa shape index (κ2) is 5.22. The fourth-order valence-corrected chi connectivity index (χ4v) is 3.15. The molecular weight excluding hydrogens is 318 g/mol. The van der Waals surface area contributed by atoms with Gasteiger partial charge in [-0.3, -0.25) is 4.79 Å². The van der Waals surface area contributed by atoms with Crippen LogP contribution in [-0.2, 0) is 11.3 Å². The number of carbonyl (C=O) groups excluding carboxylic acids is 1. The number of halogens is 1. The normalized spacial score (nSPS) is 16.4. The third-order valence-corrected chi connectivity index (χ3v) is 4.28. The van der Waals surface area contributed by atoms with Crippen molar-refractivity contribution in [1.29, 1.82) is 0 Å². The van der Waals surface area contributed by atoms with E-state index >= 15 is 0 Å². The molecular formula is C15H18BrN3O. The predicted octanol–water partition coefficient (Wildman–Crippen LogP) is 2.14. The van der Waals surface area contributed by atoms with Crippen LogP contribution >= 0.6 is 15.9 Å². The Morgan fingerprint density at radius 1 is 1.45 bits per heavy atom. The predicted molar refractivity (Wildman–Crippen MR) is 83.8 cm³/mol. The van der Waals surface area contributed by atoms with E-state index in [9.17, 15) is 4.79 Å². The fourth-order valence-electron chi connectivity index (χ4n) is 2.80. The van der Waals surface area contributed by atoms with Crippen molar-refractivity contribution in [1.82, 2.24) is 14.8 Å². The monoisotopic (exact) mass is 335 g/mol. The molecule has 1 aromatic carbocycles. The van der Waals surface area contributed by atoms with Crippen molar-refractivity contribution >= 4 is 32.7 Å². The van der Waals surface area contributed by atoms with Crippen LogP contribution in [-0.4, -0.2) is 41.6 Å². The number of carbonyl (C=O) groups is 1. The molecule has 0 aliphatic carbocycles. The van der Waals surface area contributed by atoms with Gasteiger partial charge in [0.25, 0.3) is 0 Å². The molecule has 5 heteroatoms. The summed E-state index contributed by atoms with van der Waals surface area (Å²) < 4.78 is 3.05. The number of benzene rings is 1. The summed E-state index contributed by atoms with van der Waals surface area (Å²) in [6, 6.07) is 6.49. The van der Waals surface area contributed by atoms with E-state index in [0.29, 0.717) is 12.6 Å². The number of hydrogen-bond donors (Lipinski definition) is 1. The zero-order valence-electron chi connectivity index (χ0n) is 11.7. The summed E-state index contributed by atoms with van der Waals surface area (Å²) in [5.41, 5.74) is 2.29. The van der Waals surface area contributed by atoms with Gasteiger partial charge in [-0.1, -0.05) is 22.0 Å². The van der Waals surface area contributed by atoms with Crippen LogP contribution in [0.2, 0.25) is 0 Å². The van der Waals surface area contributed by atoms with Crippen molar-refractivity contribution in [3.63, 3.8) is 0 Å². The Labute approximate surface area is 126 Å². The van der Waals surface area contributed by atoms with Crippen LogP contribution in [0.5, 0.6) is 0 Å². The molecule has 20 heavy (non-hydrogen) atoms. The Morgan fingerprint density at radius 2 is 2.20 bits per heavy atom. The Balaban J connectivity index is 1.76. The molecule has 1 aromatic heterocycles. The number of fused-ring (bicyclic) bond motifs is 1. The number of likely N-dealkylation sites (N-methyl/N-ethyl adjacent to an activating group) is 1. The van der Waals surface area contributed by atoms with Crippen molar-refractivity contribution in [2.45, 2.75) is 19.5 Å². The van der Waals surface area contributed by atoms with Crippen molar-refractivity contribution < 1.29 is 4.79 Å². The molecule has 1 N–H and O–H groups in total. The highest BCUT2D eigenvalue weighted by atomic mass is 79.9. The number of likely N-dealkylation sites (tertiary alicyclic amines) is 1. The zero-order valence-corrected chi connectivity index (χ0v) is 13.3. The third-order valence-electron chi connectivity index (χ3n) is 3.79. The Hall–Kier alpha value is -1.33. The van der Waals surface area contributed by atoms with Gasteiger partial charge in [-0.15, -0.1) is 0 Å². The summed E-state index contributed by atoms with van der Waals surface area (Å²) in [5.74, 6) is 0.0833. The van der Waals surface area contributed by atoms with Crippen LogP contribution in [0, 0.1) is 6.92 Å². The molecule has 1 saturated heterocycles. The lowest BCUT2D eigenvalue weighted by atomic mass is 10.1. The lowest BCUT2D eigenvalue weighted by Crippen LogP contribution is -2.57. The summed E-state index contributed by atoms with van der Waals surface area (Å²) in [7, 11) is 2.06. The fraction of sp³-hybridized carbons (Fsp3) is 0.400. The Kier molecular flexibility index (Phi) is 3.56. The number of hydrogen-bond acceptors (Lipinski definition) is 2. The topological polar surface area (TPSA) is 37.3 Å². The average molecular weight is 336 g/mol. The van der Waals surface area contributed by atoms with Gasteiger partial charge in [0.2, 0.25) is 5.91 Å². The SMILES string of the molecule is Cc1cn(CC(=O)NC2CN(C)C2)c2cc(Br)ccc12. The van der Waals surface area contributed by atoms with Gasteiger partial charge >= 0.3 is 0 Å². The molecule has 4 nitrogen and oxygen atoms in total. The summed E-state index contributed by atoms with van der Waals surface area (Å²) in [6.07, 6.45) is 2.05. The van der Waals surface area contributed by atoms with E-state index in [-0.39, 0.29) is 5.91 Å². The van der Waals surface area contributed by atoms with Gasteiger partial charge in [-0.2, -0.15) is 0 Å². The first-order valence-corrected chi connectivity index (χ1v) is 7.55. The number of aryl methyl sites for hydroxylation is 1. The number of rotatable bonds is 3. The minimum absolute atomic E-state index is 0.0833. The van der Waals surface area contributed by atoms with Crippen LogP contribution < -0.4 is 5.32 Å². The van der Waals surface area contributed by atoms with E-state index in [1.54, 1.807) is 0 Å². The average Bonchev–Trinajstić information content (AvgIpc) is 2.64. The van der Waals surface area contributed by atoms with Crippen LogP contribution in [0.1, 0.15) is 5.56 Å². The standard InChI is InChI=1S/C15H18BrN3O/c1-10-6-19(14-5-11(16)3-4-13(10)14)9-15(20)17-12-7-18(2)8-12/h3-6,12H,7-9H2,1-2H3,(H,17,20). The van der Waals surface area contributed by atoms with Gasteiger partial charge < -0.3 is 14.8 Å². The molecule has 0 bridgehead atoms. The quantitative estimate of drug-likeness (QED) is 0.933. The molecule has 0 atom stereocenters. The lowest BCUT2D eigenvalue weighted by Gasteiger charge is -2.36. The van der Waals surface area contributed by atoms with E-state index < -0.39 is 0 Å². The van der Waals surface area contributed by atoms with E-state index in [2.05, 4.69) is 52.3 Å². The Bertz CT molecular complexity index is 658. The summed E-state index contributed by atoms with van der Waals surface area (Å²) in [4.78, 5) is 14.3. The smallest absolute Gasteiger partial charge is 0.240 e. The first-order chi connectivity index (χ1) is 9.52. The number of aromatic nitrogens is 1. The molecule has 2 heterocycles. The molecule has 0 radical (unpaired) electrons. The molecule has 1 amide bonds. The van der Waals surface area contributed by atoms with Crippen LogP contribution in [0.4, 0.5) is 0 Å². The molecule has 0 unspecified atom stereocenters. The molecule has 106 valence electrons. The van der Waals surface area contributed by atoms with Crippen molar-refractivity contribution in [3.8, 4) is 0 Å². The largest absolute Gasteiger partial charge is 0.349 e. The number of nitrogens with zero attached hydrogens (tertiary/aromatic N) is 2. The number of nitrogens with one attached hydrogen (secondary N) is 1. The molecule has 1 fully saturated rings. The van der Waals surface area contributed by atoms with Gasteiger partial charge in [-0.05, 0) is 31.7 Å². The van der Waals surface area contributed by atoms with Gasteiger partial charge in [0.1, 0.15) is 6.54 Å². The minimum atomic E-state index is 0.0833. The van der Waals surface area contributed by atoms with Gasteiger partial charge in [0, 0.05) is 34.7 Å². The van der Waals surface area contributed by atoms with Crippen LogP contribution in [0.15, 0.2) is 28.9 Å². The molecule has 1 aliphatic rings. The van der Waals surface area contributed by atoms with Gasteiger partial charge in [0.05, 0.1) is 6.04 Å². The highest BCUT2D eigenvalue weighted by Crippen LogP contribution is 2.24. The molecule has 3 rings (SSSR count). The Morgan fingerprint density at radius 3 is 2.90 bits per heavy atom. The van der Waals surface area contributed by atoms with E-state index in [4.69, 9.17) is 0 Å². The maximum absolute atomic E-state index is 12.1. The minimum Gasteiger partial charge on any atom is -0.349 e. The first kappa shape index (κ1) is 13.6. The second-order valence-electron chi connectivity index (χ2n) is 5.59. The number of amides is 1. The van der Waals surface area contributed by atoms with Crippen molar-refractivity contribution in [2.24, 2.45) is 0 Å². The van der Waals surface area contributed by atoms with Crippen molar-refractivity contribution in [3.05, 3.63) is 34.4 Å². The lowest BCUT2D eigenvalue weighted by molar-refractivity contribution is -0.123. The highest BCUT2D eigenvalue weighted by molar-refractivity contribution is 9.10. The third kappa shape index (κ3) is 2.60. The van der Waals surface area contributed by atoms with Crippen LogP contribution in [0.25, 0.3) is 10.9 Å². The summed E-state index contributed by atoms with van der Waals surface area (Å²) in [5, 5.41) is 4.27. The molecule has 2 aromatic rings. The zero-order chi connectivity index (χ0) is 14.3. The van der Waals surface area contributed by atoms with E-state index in [0.717, 1.165) is 23.1 Å². The maximum Gasteiger partial charge on any atom is 0.240 e. The first-order valence-electron chi connectivity index (χ1n) is 6.76. The van der Waals surface area contributed by atoms with E-state index in [1.807, 2.05) is 16.8 Å². The maximum atomic E-state index is 12.1. The highest BCUT2D eigenvalue weighted by Gasteiger charge is 2.24. The van der Waals surface area contributed by atoms with Crippen molar-refractivity contribution in [2.75, 3.05) is 20.1 Å². The summed E-state index contributed by atoms with van der Waals surface area (Å²) in [6.45, 7) is 4.35. The van der Waals surface area contributed by atoms with E-state index in [1.165, 1.54) is 10.9 Å². The van der Waals surface area contributed by atoms with Crippen LogP contribution in [0.3, 0.4) is 0 Å². The molecule has 1 aliphatic heterocycles. The summed E-state index contributed by atoms with van der Waals surface area (Å²) >= 11 is 3.49. The van der Waals surface area contributed by atoms with Gasteiger partial charge in [-0.25, -0.2) is 0 Å². The second-order valence-corrected chi connectivity index (χ2v) is 6.50.